The first-order valence-corrected chi connectivity index (χ1v) is 8.68. The minimum absolute atomic E-state index is 0.254. The van der Waals surface area contributed by atoms with Crippen molar-refractivity contribution < 1.29 is 28.5 Å². The summed E-state index contributed by atoms with van der Waals surface area (Å²) in [5.41, 5.74) is 1.38. The van der Waals surface area contributed by atoms with E-state index in [9.17, 15) is 4.79 Å². The summed E-state index contributed by atoms with van der Waals surface area (Å²) in [6.07, 6.45) is 1.55. The first-order chi connectivity index (χ1) is 14.1. The average Bonchev–Trinajstić information content (AvgIpc) is 3.27. The van der Waals surface area contributed by atoms with Gasteiger partial charge in [0.1, 0.15) is 11.5 Å². The molecule has 1 N–H and O–H groups in total. The van der Waals surface area contributed by atoms with Gasteiger partial charge in [-0.2, -0.15) is 0 Å². The molecule has 0 spiro atoms. The summed E-state index contributed by atoms with van der Waals surface area (Å²) in [5.74, 6) is 2.63. The van der Waals surface area contributed by atoms with E-state index in [0.29, 0.717) is 40.1 Å². The van der Waals surface area contributed by atoms with Gasteiger partial charge in [0, 0.05) is 17.3 Å². The van der Waals surface area contributed by atoms with E-state index >= 15 is 0 Å². The molecule has 0 aliphatic carbocycles. The molecule has 152 valence electrons. The molecule has 1 heterocycles. The van der Waals surface area contributed by atoms with Crippen LogP contribution in [0.15, 0.2) is 36.5 Å². The lowest BCUT2D eigenvalue weighted by atomic mass is 10.1. The van der Waals surface area contributed by atoms with E-state index in [-0.39, 0.29) is 11.5 Å². The van der Waals surface area contributed by atoms with E-state index in [0.717, 1.165) is 5.56 Å². The number of hydrogen-bond acceptors (Lipinski definition) is 7. The minimum atomic E-state index is -0.285. The van der Waals surface area contributed by atoms with Gasteiger partial charge in [-0.25, -0.2) is 4.98 Å². The number of aromatic nitrogens is 2. The van der Waals surface area contributed by atoms with Gasteiger partial charge in [0.05, 0.1) is 35.5 Å². The number of aromatic amines is 1. The highest BCUT2D eigenvalue weighted by Gasteiger charge is 2.20. The van der Waals surface area contributed by atoms with Crippen molar-refractivity contribution in [1.29, 1.82) is 0 Å². The molecule has 0 aliphatic rings. The first-order valence-electron chi connectivity index (χ1n) is 8.68. The quantitative estimate of drug-likeness (QED) is 0.582. The highest BCUT2D eigenvalue weighted by Crippen LogP contribution is 2.38. The number of H-pyrrole nitrogens is 1. The Labute approximate surface area is 168 Å². The van der Waals surface area contributed by atoms with Gasteiger partial charge in [0.25, 0.3) is 0 Å². The fourth-order valence-electron chi connectivity index (χ4n) is 2.93. The topological polar surface area (TPSA) is 91.9 Å². The largest absolute Gasteiger partial charge is 0.493 e. The van der Waals surface area contributed by atoms with Crippen molar-refractivity contribution in [3.63, 3.8) is 0 Å². The zero-order chi connectivity index (χ0) is 21.0. The van der Waals surface area contributed by atoms with Gasteiger partial charge in [0.2, 0.25) is 11.5 Å². The summed E-state index contributed by atoms with van der Waals surface area (Å²) < 4.78 is 26.5. The van der Waals surface area contributed by atoms with Gasteiger partial charge in [-0.3, -0.25) is 4.79 Å². The number of ether oxygens (including phenoxy) is 5. The molecule has 0 radical (unpaired) electrons. The molecule has 0 saturated carbocycles. The Morgan fingerprint density at radius 1 is 0.793 bits per heavy atom. The Balaban J connectivity index is 1.96. The number of nitrogens with zero attached hydrogens (tertiary/aromatic N) is 1. The Kier molecular flexibility index (Phi) is 5.92. The fraction of sp³-hybridized carbons (Fsp3) is 0.238. The second-order valence-corrected chi connectivity index (χ2v) is 5.95. The van der Waals surface area contributed by atoms with Gasteiger partial charge in [-0.1, -0.05) is 0 Å². The highest BCUT2D eigenvalue weighted by atomic mass is 16.5. The van der Waals surface area contributed by atoms with E-state index in [1.807, 2.05) is 6.07 Å². The molecular formula is C21H22N2O6. The first kappa shape index (κ1) is 20.1. The van der Waals surface area contributed by atoms with Crippen LogP contribution in [-0.2, 0) is 0 Å². The number of rotatable bonds is 8. The number of methoxy groups -OCH3 is 5. The molecule has 3 aromatic rings. The summed E-state index contributed by atoms with van der Waals surface area (Å²) in [6, 6.07) is 8.57. The Morgan fingerprint density at radius 3 is 1.97 bits per heavy atom. The Hall–Kier alpha value is -3.68. The molecule has 8 nitrogen and oxygen atoms in total. The number of imidazole rings is 1. The van der Waals surface area contributed by atoms with Crippen molar-refractivity contribution in [2.75, 3.05) is 35.5 Å². The van der Waals surface area contributed by atoms with Crippen LogP contribution in [0.25, 0.3) is 11.4 Å². The Morgan fingerprint density at radius 2 is 1.41 bits per heavy atom. The van der Waals surface area contributed by atoms with Crippen molar-refractivity contribution in [3.8, 4) is 40.1 Å². The maximum Gasteiger partial charge on any atom is 0.213 e. The highest BCUT2D eigenvalue weighted by molar-refractivity contribution is 6.08. The van der Waals surface area contributed by atoms with Gasteiger partial charge >= 0.3 is 0 Å². The summed E-state index contributed by atoms with van der Waals surface area (Å²) >= 11 is 0. The van der Waals surface area contributed by atoms with E-state index < -0.39 is 0 Å². The van der Waals surface area contributed by atoms with E-state index in [1.54, 1.807) is 44.7 Å². The standard InChI is InChI=1S/C21H22N2O6/c1-25-15-7-6-12(8-16(15)26-2)21-22-11-14(23-21)19(24)13-9-17(27-3)20(29-5)18(10-13)28-4/h6-11H,1-5H3,(H,22,23). The molecule has 0 atom stereocenters. The van der Waals surface area contributed by atoms with Crippen LogP contribution in [0, 0.1) is 0 Å². The third kappa shape index (κ3) is 3.82. The monoisotopic (exact) mass is 398 g/mol. The Bertz CT molecular complexity index is 1000. The summed E-state index contributed by atoms with van der Waals surface area (Å²) in [4.78, 5) is 20.4. The van der Waals surface area contributed by atoms with E-state index in [1.165, 1.54) is 21.3 Å². The molecule has 0 aliphatic heterocycles. The number of benzene rings is 2. The fourth-order valence-corrected chi connectivity index (χ4v) is 2.93. The lowest BCUT2D eigenvalue weighted by Crippen LogP contribution is -2.04. The number of nitrogens with one attached hydrogen (secondary N) is 1. The summed E-state index contributed by atoms with van der Waals surface area (Å²) in [6.45, 7) is 0. The second-order valence-electron chi connectivity index (χ2n) is 5.95. The number of carbonyl (C=O) groups excluding carboxylic acids is 1. The third-order valence-corrected chi connectivity index (χ3v) is 4.39. The average molecular weight is 398 g/mol. The molecule has 0 unspecified atom stereocenters. The van der Waals surface area contributed by atoms with Crippen LogP contribution in [-0.4, -0.2) is 51.3 Å². The van der Waals surface area contributed by atoms with Crippen LogP contribution >= 0.6 is 0 Å². The molecule has 0 fully saturated rings. The van der Waals surface area contributed by atoms with Crippen molar-refractivity contribution in [1.82, 2.24) is 9.97 Å². The lowest BCUT2D eigenvalue weighted by molar-refractivity contribution is 0.103. The second kappa shape index (κ2) is 8.55. The maximum absolute atomic E-state index is 13.0. The van der Waals surface area contributed by atoms with E-state index in [4.69, 9.17) is 23.7 Å². The van der Waals surface area contributed by atoms with Gasteiger partial charge < -0.3 is 28.7 Å². The van der Waals surface area contributed by atoms with Crippen molar-refractivity contribution >= 4 is 5.78 Å². The summed E-state index contributed by atoms with van der Waals surface area (Å²) in [5, 5.41) is 0. The van der Waals surface area contributed by atoms with E-state index in [2.05, 4.69) is 9.97 Å². The molecule has 3 rings (SSSR count). The number of carbonyl (C=O) groups is 1. The zero-order valence-electron chi connectivity index (χ0n) is 16.9. The normalized spacial score (nSPS) is 10.4. The van der Waals surface area contributed by atoms with Crippen molar-refractivity contribution in [3.05, 3.63) is 47.8 Å². The zero-order valence-corrected chi connectivity index (χ0v) is 16.9. The third-order valence-electron chi connectivity index (χ3n) is 4.39. The lowest BCUT2D eigenvalue weighted by Gasteiger charge is -2.13. The van der Waals surface area contributed by atoms with Crippen LogP contribution in [0.4, 0.5) is 0 Å². The molecule has 8 heteroatoms. The van der Waals surface area contributed by atoms with Gasteiger partial charge in [0.15, 0.2) is 23.0 Å². The van der Waals surface area contributed by atoms with Gasteiger partial charge in [-0.05, 0) is 30.3 Å². The molecular weight excluding hydrogens is 376 g/mol. The molecule has 29 heavy (non-hydrogen) atoms. The minimum Gasteiger partial charge on any atom is -0.493 e. The molecule has 0 amide bonds. The number of hydrogen-bond donors (Lipinski definition) is 1. The molecule has 2 aromatic carbocycles. The predicted molar refractivity (Wildman–Crippen MR) is 107 cm³/mol. The number of ketones is 1. The summed E-state index contributed by atoms with van der Waals surface area (Å²) in [7, 11) is 7.62. The van der Waals surface area contributed by atoms with Crippen molar-refractivity contribution in [2.24, 2.45) is 0 Å². The molecule has 1 aromatic heterocycles. The smallest absolute Gasteiger partial charge is 0.213 e. The van der Waals surface area contributed by atoms with Crippen molar-refractivity contribution in [2.45, 2.75) is 0 Å². The van der Waals surface area contributed by atoms with Crippen LogP contribution in [0.1, 0.15) is 16.1 Å². The maximum atomic E-state index is 13.0. The van der Waals surface area contributed by atoms with Crippen LogP contribution in [0.2, 0.25) is 0 Å². The van der Waals surface area contributed by atoms with Crippen LogP contribution in [0.5, 0.6) is 28.7 Å². The predicted octanol–water partition coefficient (Wildman–Crippen LogP) is 3.35. The molecule has 0 bridgehead atoms. The van der Waals surface area contributed by atoms with Gasteiger partial charge in [-0.15, -0.1) is 0 Å². The SMILES string of the molecule is COc1ccc(-c2nc(C(=O)c3cc(OC)c(OC)c(OC)c3)c[nH]2)cc1OC. The van der Waals surface area contributed by atoms with Crippen LogP contribution < -0.4 is 23.7 Å². The molecule has 0 saturated heterocycles. The van der Waals surface area contributed by atoms with Crippen LogP contribution in [0.3, 0.4) is 0 Å².